The Bertz CT molecular complexity index is 1420. The number of fused-ring (bicyclic) bond motifs is 1. The maximum atomic E-state index is 12.4. The summed E-state index contributed by atoms with van der Waals surface area (Å²) in [4.78, 5) is 24.7. The summed E-state index contributed by atoms with van der Waals surface area (Å²) in [5, 5.41) is 7.59. The summed E-state index contributed by atoms with van der Waals surface area (Å²) < 4.78 is 18.5. The van der Waals surface area contributed by atoms with E-state index < -0.39 is 5.91 Å². The summed E-state index contributed by atoms with van der Waals surface area (Å²) in [6.07, 6.45) is 1.47. The maximum Gasteiger partial charge on any atom is 0.307 e. The number of hydrazone groups is 1. The average Bonchev–Trinajstić information content (AvgIpc) is 3.28. The number of para-hydroxylation sites is 1. The summed E-state index contributed by atoms with van der Waals surface area (Å²) in [6, 6.07) is 19.7. The Morgan fingerprint density at radius 2 is 1.83 bits per heavy atom. The van der Waals surface area contributed by atoms with Crippen LogP contribution in [0.2, 0.25) is 0 Å². The lowest BCUT2D eigenvalue weighted by Gasteiger charge is -2.14. The molecule has 1 heterocycles. The van der Waals surface area contributed by atoms with Crippen molar-refractivity contribution in [3.8, 4) is 11.5 Å². The molecule has 0 saturated carbocycles. The second kappa shape index (κ2) is 11.9. The van der Waals surface area contributed by atoms with E-state index in [4.69, 9.17) is 13.9 Å². The third-order valence-electron chi connectivity index (χ3n) is 4.82. The number of hydrogen-bond donors (Lipinski definition) is 2. The van der Waals surface area contributed by atoms with Gasteiger partial charge in [-0.15, -0.1) is 0 Å². The third-order valence-corrected chi connectivity index (χ3v) is 5.90. The Labute approximate surface area is 223 Å². The monoisotopic (exact) mass is 613 g/mol. The van der Waals surface area contributed by atoms with Crippen molar-refractivity contribution in [1.29, 1.82) is 0 Å². The molecule has 4 aromatic rings. The molecule has 3 aromatic carbocycles. The predicted octanol–water partition coefficient (Wildman–Crippen LogP) is 6.14. The number of nitrogens with zero attached hydrogens (tertiary/aromatic N) is 1. The van der Waals surface area contributed by atoms with Crippen LogP contribution < -0.4 is 20.2 Å². The quantitative estimate of drug-likeness (QED) is 0.174. The Morgan fingerprint density at radius 3 is 2.61 bits per heavy atom. The largest absolute Gasteiger partial charge is 0.490 e. The van der Waals surface area contributed by atoms with Crippen LogP contribution in [0.15, 0.2) is 85.2 Å². The van der Waals surface area contributed by atoms with Gasteiger partial charge in [0.1, 0.15) is 5.58 Å². The minimum Gasteiger partial charge on any atom is -0.490 e. The third kappa shape index (κ3) is 6.52. The first-order valence-electron chi connectivity index (χ1n) is 10.9. The van der Waals surface area contributed by atoms with Crippen LogP contribution in [0.4, 0.5) is 5.69 Å². The van der Waals surface area contributed by atoms with Crippen molar-refractivity contribution in [2.75, 3.05) is 18.5 Å². The summed E-state index contributed by atoms with van der Waals surface area (Å²) in [6.45, 7) is 2.02. The zero-order valence-corrected chi connectivity index (χ0v) is 22.3. The molecule has 0 spiro atoms. The van der Waals surface area contributed by atoms with Gasteiger partial charge in [-0.05, 0) is 76.9 Å². The molecule has 8 nitrogen and oxygen atoms in total. The molecule has 184 valence electrons. The lowest BCUT2D eigenvalue weighted by Crippen LogP contribution is -2.20. The SMILES string of the molecule is CCOc1cc(/C=N/NC(=O)c2cc3cc(Br)ccc3o2)cc(Br)c1OCC(=O)Nc1ccccc1. The van der Waals surface area contributed by atoms with E-state index in [1.807, 2.05) is 37.3 Å². The summed E-state index contributed by atoms with van der Waals surface area (Å²) in [7, 11) is 0. The number of benzene rings is 3. The molecule has 2 amide bonds. The first-order chi connectivity index (χ1) is 17.4. The van der Waals surface area contributed by atoms with Crippen LogP contribution in [0.25, 0.3) is 11.0 Å². The summed E-state index contributed by atoms with van der Waals surface area (Å²) >= 11 is 6.86. The Hall–Kier alpha value is -3.63. The zero-order chi connectivity index (χ0) is 25.5. The maximum absolute atomic E-state index is 12.4. The zero-order valence-electron chi connectivity index (χ0n) is 19.1. The number of amides is 2. The van der Waals surface area contributed by atoms with Gasteiger partial charge in [0.15, 0.2) is 23.9 Å². The number of ether oxygens (including phenoxy) is 2. The van der Waals surface area contributed by atoms with Crippen LogP contribution in [0, 0.1) is 0 Å². The van der Waals surface area contributed by atoms with Crippen molar-refractivity contribution in [3.05, 3.63) is 87.0 Å². The van der Waals surface area contributed by atoms with Gasteiger partial charge in [0.05, 0.1) is 17.3 Å². The number of rotatable bonds is 9. The highest BCUT2D eigenvalue weighted by Gasteiger charge is 2.15. The van der Waals surface area contributed by atoms with E-state index in [1.165, 1.54) is 6.21 Å². The van der Waals surface area contributed by atoms with Gasteiger partial charge in [-0.25, -0.2) is 5.43 Å². The number of nitrogens with one attached hydrogen (secondary N) is 2. The van der Waals surface area contributed by atoms with E-state index in [2.05, 4.69) is 47.7 Å². The number of halogens is 2. The molecule has 0 unspecified atom stereocenters. The van der Waals surface area contributed by atoms with Gasteiger partial charge in [0.2, 0.25) is 0 Å². The normalized spacial score (nSPS) is 11.0. The highest BCUT2D eigenvalue weighted by Crippen LogP contribution is 2.36. The van der Waals surface area contributed by atoms with Crippen LogP contribution in [0.5, 0.6) is 11.5 Å². The molecule has 0 bridgehead atoms. The predicted molar refractivity (Wildman–Crippen MR) is 145 cm³/mol. The van der Waals surface area contributed by atoms with Crippen LogP contribution in [-0.4, -0.2) is 31.2 Å². The number of furan rings is 1. The van der Waals surface area contributed by atoms with Gasteiger partial charge in [0.25, 0.3) is 5.91 Å². The lowest BCUT2D eigenvalue weighted by molar-refractivity contribution is -0.118. The molecule has 4 rings (SSSR count). The van der Waals surface area contributed by atoms with Crippen LogP contribution in [-0.2, 0) is 4.79 Å². The molecule has 0 aliphatic carbocycles. The average molecular weight is 615 g/mol. The summed E-state index contributed by atoms with van der Waals surface area (Å²) in [5.41, 5.74) is 4.38. The summed E-state index contributed by atoms with van der Waals surface area (Å²) in [5.74, 6) is 0.174. The van der Waals surface area contributed by atoms with Gasteiger partial charge in [0, 0.05) is 15.5 Å². The smallest absolute Gasteiger partial charge is 0.307 e. The van der Waals surface area contributed by atoms with Crippen molar-refractivity contribution >= 4 is 66.5 Å². The molecule has 36 heavy (non-hydrogen) atoms. The molecular weight excluding hydrogens is 594 g/mol. The number of hydrogen-bond acceptors (Lipinski definition) is 6. The molecule has 0 radical (unpaired) electrons. The highest BCUT2D eigenvalue weighted by molar-refractivity contribution is 9.10. The second-order valence-electron chi connectivity index (χ2n) is 7.46. The van der Waals surface area contributed by atoms with Crippen LogP contribution >= 0.6 is 31.9 Å². The number of anilines is 1. The molecule has 2 N–H and O–H groups in total. The molecule has 0 atom stereocenters. The van der Waals surface area contributed by atoms with E-state index >= 15 is 0 Å². The van der Waals surface area contributed by atoms with Crippen LogP contribution in [0.3, 0.4) is 0 Å². The van der Waals surface area contributed by atoms with Gasteiger partial charge < -0.3 is 19.2 Å². The van der Waals surface area contributed by atoms with E-state index in [0.717, 1.165) is 9.86 Å². The fourth-order valence-electron chi connectivity index (χ4n) is 3.27. The molecule has 0 saturated heterocycles. The van der Waals surface area contributed by atoms with E-state index in [0.29, 0.717) is 39.4 Å². The fourth-order valence-corrected chi connectivity index (χ4v) is 4.22. The molecular formula is C26H21Br2N3O5. The van der Waals surface area contributed by atoms with Gasteiger partial charge in [-0.2, -0.15) is 5.10 Å². The number of carbonyl (C=O) groups is 2. The first-order valence-corrected chi connectivity index (χ1v) is 12.5. The van der Waals surface area contributed by atoms with E-state index in [9.17, 15) is 9.59 Å². The number of carbonyl (C=O) groups excluding carboxylic acids is 2. The van der Waals surface area contributed by atoms with E-state index in [1.54, 1.807) is 36.4 Å². The molecule has 0 fully saturated rings. The molecule has 0 aliphatic rings. The van der Waals surface area contributed by atoms with Crippen molar-refractivity contribution in [2.45, 2.75) is 6.92 Å². The Kier molecular flexibility index (Phi) is 8.40. The topological polar surface area (TPSA) is 102 Å². The second-order valence-corrected chi connectivity index (χ2v) is 9.23. The van der Waals surface area contributed by atoms with Gasteiger partial charge in [-0.1, -0.05) is 34.1 Å². The molecule has 10 heteroatoms. The van der Waals surface area contributed by atoms with Crippen molar-refractivity contribution in [2.24, 2.45) is 5.10 Å². The standard InChI is InChI=1S/C26H21Br2N3O5/c1-2-34-22-11-16(10-20(28)25(22)35-15-24(32)30-19-6-4-3-5-7-19)14-29-31-26(33)23-13-17-12-18(27)8-9-21(17)36-23/h3-14H,2,15H2,1H3,(H,30,32)(H,31,33)/b29-14+. The lowest BCUT2D eigenvalue weighted by atomic mass is 10.2. The van der Waals surface area contributed by atoms with Gasteiger partial charge in [-0.3, -0.25) is 9.59 Å². The first kappa shape index (κ1) is 25.5. The van der Waals surface area contributed by atoms with Crippen LogP contribution in [0.1, 0.15) is 23.0 Å². The van der Waals surface area contributed by atoms with Crippen molar-refractivity contribution in [3.63, 3.8) is 0 Å². The molecule has 1 aromatic heterocycles. The van der Waals surface area contributed by atoms with Gasteiger partial charge >= 0.3 is 5.91 Å². The minimum atomic E-state index is -0.480. The van der Waals surface area contributed by atoms with Crippen molar-refractivity contribution in [1.82, 2.24) is 5.43 Å². The fraction of sp³-hybridized carbons (Fsp3) is 0.115. The van der Waals surface area contributed by atoms with Crippen molar-refractivity contribution < 1.29 is 23.5 Å². The Balaban J connectivity index is 1.41. The highest BCUT2D eigenvalue weighted by atomic mass is 79.9. The minimum absolute atomic E-state index is 0.147. The Morgan fingerprint density at radius 1 is 1.03 bits per heavy atom. The molecule has 0 aliphatic heterocycles. The van der Waals surface area contributed by atoms with E-state index in [-0.39, 0.29) is 18.3 Å².